The monoisotopic (exact) mass is 241 g/mol. The quantitative estimate of drug-likeness (QED) is 0.568. The molecule has 1 heterocycles. The molecule has 0 bridgehead atoms. The Labute approximate surface area is 105 Å². The second-order valence-electron chi connectivity index (χ2n) is 5.63. The van der Waals surface area contributed by atoms with Gasteiger partial charge in [-0.1, -0.05) is 27.7 Å². The summed E-state index contributed by atoms with van der Waals surface area (Å²) in [5.74, 6) is 2.24. The number of ether oxygens (including phenoxy) is 1. The molecule has 0 aromatic carbocycles. The van der Waals surface area contributed by atoms with E-state index in [1.807, 2.05) is 0 Å². The van der Waals surface area contributed by atoms with Gasteiger partial charge < -0.3 is 15.8 Å². The summed E-state index contributed by atoms with van der Waals surface area (Å²) in [7, 11) is 0. The van der Waals surface area contributed by atoms with Crippen molar-refractivity contribution in [2.75, 3.05) is 19.7 Å². The number of hydrogen-bond acceptors (Lipinski definition) is 2. The van der Waals surface area contributed by atoms with Crippen molar-refractivity contribution < 1.29 is 4.74 Å². The average molecular weight is 241 g/mol. The van der Waals surface area contributed by atoms with Crippen LogP contribution in [0.15, 0.2) is 4.99 Å². The number of nitrogens with one attached hydrogen (secondary N) is 1. The normalized spacial score (nSPS) is 25.9. The number of guanidine groups is 1. The molecule has 4 nitrogen and oxygen atoms in total. The van der Waals surface area contributed by atoms with E-state index in [0.29, 0.717) is 29.8 Å². The molecule has 1 rings (SSSR count). The predicted octanol–water partition coefficient (Wildman–Crippen LogP) is 1.61. The van der Waals surface area contributed by atoms with Gasteiger partial charge in [-0.05, 0) is 18.3 Å². The lowest BCUT2D eigenvalue weighted by molar-refractivity contribution is 0.0549. The first kappa shape index (κ1) is 14.3. The van der Waals surface area contributed by atoms with E-state index in [1.165, 1.54) is 0 Å². The van der Waals surface area contributed by atoms with E-state index in [4.69, 9.17) is 10.5 Å². The molecule has 0 amide bonds. The molecular weight excluding hydrogens is 214 g/mol. The van der Waals surface area contributed by atoms with Crippen LogP contribution in [0.5, 0.6) is 0 Å². The van der Waals surface area contributed by atoms with E-state index < -0.39 is 0 Å². The maximum Gasteiger partial charge on any atom is 0.188 e. The highest BCUT2D eigenvalue weighted by Gasteiger charge is 2.30. The van der Waals surface area contributed by atoms with Crippen LogP contribution in [-0.2, 0) is 4.74 Å². The van der Waals surface area contributed by atoms with Crippen molar-refractivity contribution in [3.63, 3.8) is 0 Å². The molecule has 0 aliphatic carbocycles. The molecule has 100 valence electrons. The maximum atomic E-state index is 5.82. The minimum Gasteiger partial charge on any atom is -0.378 e. The van der Waals surface area contributed by atoms with E-state index in [0.717, 1.165) is 26.1 Å². The first-order chi connectivity index (χ1) is 8.00. The van der Waals surface area contributed by atoms with Gasteiger partial charge in [0, 0.05) is 25.6 Å². The molecule has 0 radical (unpaired) electrons. The van der Waals surface area contributed by atoms with E-state index >= 15 is 0 Å². The first-order valence-electron chi connectivity index (χ1n) is 6.66. The summed E-state index contributed by atoms with van der Waals surface area (Å²) in [6.07, 6.45) is 1.48. The van der Waals surface area contributed by atoms with Crippen LogP contribution in [0.4, 0.5) is 0 Å². The zero-order valence-corrected chi connectivity index (χ0v) is 11.6. The second kappa shape index (κ2) is 6.84. The molecule has 4 heteroatoms. The van der Waals surface area contributed by atoms with Gasteiger partial charge in [0.25, 0.3) is 0 Å². The molecular formula is C13H27N3O. The highest BCUT2D eigenvalue weighted by molar-refractivity contribution is 5.77. The Kier molecular flexibility index (Phi) is 5.75. The van der Waals surface area contributed by atoms with Crippen LogP contribution in [0, 0.1) is 17.8 Å². The molecule has 0 aromatic heterocycles. The fourth-order valence-electron chi connectivity index (χ4n) is 2.18. The topological polar surface area (TPSA) is 59.6 Å². The minimum absolute atomic E-state index is 0.361. The lowest BCUT2D eigenvalue weighted by atomic mass is 9.93. The molecule has 1 fully saturated rings. The molecule has 0 saturated carbocycles. The smallest absolute Gasteiger partial charge is 0.188 e. The third-order valence-corrected chi connectivity index (χ3v) is 3.09. The van der Waals surface area contributed by atoms with Crippen molar-refractivity contribution >= 4 is 5.96 Å². The van der Waals surface area contributed by atoms with Gasteiger partial charge in [0.2, 0.25) is 0 Å². The summed E-state index contributed by atoms with van der Waals surface area (Å²) < 4.78 is 5.74. The summed E-state index contributed by atoms with van der Waals surface area (Å²) in [5.41, 5.74) is 5.82. The van der Waals surface area contributed by atoms with Crippen LogP contribution < -0.4 is 11.1 Å². The minimum atomic E-state index is 0.361. The van der Waals surface area contributed by atoms with Crippen LogP contribution in [0.3, 0.4) is 0 Å². The van der Waals surface area contributed by atoms with Gasteiger partial charge in [0.15, 0.2) is 5.96 Å². The standard InChI is InChI=1S/C13H27N3O/c1-9(2)7-15-13(14)16-8-11-5-6-17-12(11)10(3)4/h9-12H,5-8H2,1-4H3,(H3,14,15,16). The summed E-state index contributed by atoms with van der Waals surface area (Å²) in [6.45, 7) is 11.2. The van der Waals surface area contributed by atoms with Gasteiger partial charge >= 0.3 is 0 Å². The van der Waals surface area contributed by atoms with Gasteiger partial charge in [-0.15, -0.1) is 0 Å². The summed E-state index contributed by atoms with van der Waals surface area (Å²) in [6, 6.07) is 0. The Morgan fingerprint density at radius 3 is 2.71 bits per heavy atom. The highest BCUT2D eigenvalue weighted by atomic mass is 16.5. The van der Waals surface area contributed by atoms with E-state index in [2.05, 4.69) is 38.0 Å². The van der Waals surface area contributed by atoms with Crippen molar-refractivity contribution in [2.24, 2.45) is 28.5 Å². The fourth-order valence-corrected chi connectivity index (χ4v) is 2.18. The summed E-state index contributed by atoms with van der Waals surface area (Å²) >= 11 is 0. The number of rotatable bonds is 5. The Balaban J connectivity index is 2.32. The molecule has 2 unspecified atom stereocenters. The van der Waals surface area contributed by atoms with Crippen LogP contribution in [0.2, 0.25) is 0 Å². The zero-order valence-electron chi connectivity index (χ0n) is 11.6. The second-order valence-corrected chi connectivity index (χ2v) is 5.63. The molecule has 1 aliphatic heterocycles. The van der Waals surface area contributed by atoms with Gasteiger partial charge in [-0.2, -0.15) is 0 Å². The highest BCUT2D eigenvalue weighted by Crippen LogP contribution is 2.25. The lowest BCUT2D eigenvalue weighted by Gasteiger charge is -2.22. The molecule has 2 atom stereocenters. The molecule has 17 heavy (non-hydrogen) atoms. The van der Waals surface area contributed by atoms with Gasteiger partial charge in [0.05, 0.1) is 6.10 Å². The van der Waals surface area contributed by atoms with Gasteiger partial charge in [-0.3, -0.25) is 4.99 Å². The number of hydrogen-bond donors (Lipinski definition) is 2. The molecule has 3 N–H and O–H groups in total. The van der Waals surface area contributed by atoms with Crippen LogP contribution in [0.1, 0.15) is 34.1 Å². The van der Waals surface area contributed by atoms with Crippen molar-refractivity contribution in [3.8, 4) is 0 Å². The van der Waals surface area contributed by atoms with Crippen molar-refractivity contribution in [1.29, 1.82) is 0 Å². The number of nitrogens with zero attached hydrogens (tertiary/aromatic N) is 1. The third-order valence-electron chi connectivity index (χ3n) is 3.09. The van der Waals surface area contributed by atoms with Crippen molar-refractivity contribution in [1.82, 2.24) is 5.32 Å². The van der Waals surface area contributed by atoms with Crippen molar-refractivity contribution in [2.45, 2.75) is 40.2 Å². The van der Waals surface area contributed by atoms with Crippen LogP contribution >= 0.6 is 0 Å². The fraction of sp³-hybridized carbons (Fsp3) is 0.923. The maximum absolute atomic E-state index is 5.82. The summed E-state index contributed by atoms with van der Waals surface area (Å²) in [5, 5.41) is 3.21. The Morgan fingerprint density at radius 2 is 2.12 bits per heavy atom. The third kappa shape index (κ3) is 4.94. The molecule has 0 aromatic rings. The van der Waals surface area contributed by atoms with E-state index in [9.17, 15) is 0 Å². The van der Waals surface area contributed by atoms with Gasteiger partial charge in [-0.25, -0.2) is 0 Å². The largest absolute Gasteiger partial charge is 0.378 e. The number of nitrogens with two attached hydrogens (primary N) is 1. The van der Waals surface area contributed by atoms with Crippen LogP contribution in [-0.4, -0.2) is 31.8 Å². The lowest BCUT2D eigenvalue weighted by Crippen LogP contribution is -2.39. The predicted molar refractivity (Wildman–Crippen MR) is 72.0 cm³/mol. The Morgan fingerprint density at radius 1 is 1.41 bits per heavy atom. The molecule has 1 saturated heterocycles. The van der Waals surface area contributed by atoms with Crippen molar-refractivity contribution in [3.05, 3.63) is 0 Å². The number of aliphatic imine (C=N–C) groups is 1. The molecule has 0 spiro atoms. The van der Waals surface area contributed by atoms with Gasteiger partial charge in [0.1, 0.15) is 0 Å². The Bertz CT molecular complexity index is 251. The average Bonchev–Trinajstić information content (AvgIpc) is 2.71. The van der Waals surface area contributed by atoms with E-state index in [-0.39, 0.29) is 0 Å². The van der Waals surface area contributed by atoms with Crippen LogP contribution in [0.25, 0.3) is 0 Å². The Hall–Kier alpha value is -0.770. The van der Waals surface area contributed by atoms with E-state index in [1.54, 1.807) is 0 Å². The first-order valence-corrected chi connectivity index (χ1v) is 6.66. The molecule has 1 aliphatic rings. The summed E-state index contributed by atoms with van der Waals surface area (Å²) in [4.78, 5) is 4.30. The zero-order chi connectivity index (χ0) is 12.8. The SMILES string of the molecule is CC(C)CN=C(N)NCC1CCOC1C(C)C.